The van der Waals surface area contributed by atoms with E-state index in [4.69, 9.17) is 0 Å². The average Bonchev–Trinajstić information content (AvgIpc) is 2.68. The monoisotopic (exact) mass is 248 g/mol. The molecule has 0 saturated carbocycles. The molecule has 0 spiro atoms. The Bertz CT molecular complexity index is 639. The van der Waals surface area contributed by atoms with E-state index < -0.39 is 5.54 Å². The number of carbonyl (C=O) groups excluding carboxylic acids is 1. The van der Waals surface area contributed by atoms with E-state index in [1.54, 1.807) is 39.1 Å². The maximum Gasteiger partial charge on any atom is 0.323 e. The molecule has 0 aliphatic carbocycles. The topological polar surface area (TPSA) is 89.8 Å². The second kappa shape index (κ2) is 4.30. The normalized spacial score (nSPS) is 11.7. The Labute approximate surface area is 104 Å². The van der Waals surface area contributed by atoms with Gasteiger partial charge in [-0.2, -0.15) is 0 Å². The summed E-state index contributed by atoms with van der Waals surface area (Å²) in [6, 6.07) is 5.21. The zero-order valence-electron chi connectivity index (χ0n) is 10.5. The quantitative estimate of drug-likeness (QED) is 0.647. The number of hydrogen-bond donors (Lipinski definition) is 4. The van der Waals surface area contributed by atoms with Crippen molar-refractivity contribution in [2.45, 2.75) is 19.4 Å². The van der Waals surface area contributed by atoms with Crippen LogP contribution in [0.15, 0.2) is 23.0 Å². The van der Waals surface area contributed by atoms with Crippen LogP contribution in [0.1, 0.15) is 13.8 Å². The Balaban J connectivity index is 2.27. The lowest BCUT2D eigenvalue weighted by molar-refractivity contribution is -0.121. The lowest BCUT2D eigenvalue weighted by Gasteiger charge is -2.22. The van der Waals surface area contributed by atoms with E-state index >= 15 is 0 Å². The maximum atomic E-state index is 12.0. The first kappa shape index (κ1) is 12.4. The summed E-state index contributed by atoms with van der Waals surface area (Å²) in [7, 11) is 1.73. The first-order valence-electron chi connectivity index (χ1n) is 5.65. The molecule has 2 aromatic rings. The average molecular weight is 248 g/mol. The number of fused-ring (bicyclic) bond motifs is 1. The first-order chi connectivity index (χ1) is 8.42. The number of rotatable bonds is 3. The van der Waals surface area contributed by atoms with Crippen LogP contribution in [0.3, 0.4) is 0 Å². The predicted octanol–water partition coefficient (Wildman–Crippen LogP) is 0.793. The molecule has 1 aromatic carbocycles. The first-order valence-corrected chi connectivity index (χ1v) is 5.65. The molecule has 96 valence electrons. The Morgan fingerprint density at radius 1 is 1.22 bits per heavy atom. The molecule has 1 aromatic heterocycles. The molecule has 0 saturated heterocycles. The van der Waals surface area contributed by atoms with Crippen molar-refractivity contribution in [1.82, 2.24) is 15.3 Å². The van der Waals surface area contributed by atoms with Gasteiger partial charge in [0, 0.05) is 5.69 Å². The van der Waals surface area contributed by atoms with E-state index in [0.29, 0.717) is 16.7 Å². The third-order valence-electron chi connectivity index (χ3n) is 2.97. The summed E-state index contributed by atoms with van der Waals surface area (Å²) in [5.74, 6) is -0.137. The number of imidazole rings is 1. The van der Waals surface area contributed by atoms with Crippen molar-refractivity contribution in [3.63, 3.8) is 0 Å². The standard InChI is InChI=1S/C12H16N4O2/c1-12(2,13-3)10(17)14-7-4-5-8-9(6-7)16-11(18)15-8/h4-6,13H,1-3H3,(H,14,17)(H2,15,16,18). The molecular weight excluding hydrogens is 232 g/mol. The minimum absolute atomic E-state index is 0.137. The van der Waals surface area contributed by atoms with E-state index in [-0.39, 0.29) is 11.6 Å². The molecule has 2 rings (SSSR count). The Kier molecular flexibility index (Phi) is 2.96. The number of carbonyl (C=O) groups is 1. The van der Waals surface area contributed by atoms with Gasteiger partial charge in [-0.1, -0.05) is 0 Å². The van der Waals surface area contributed by atoms with Crippen LogP contribution in [0.2, 0.25) is 0 Å². The second-order valence-electron chi connectivity index (χ2n) is 4.67. The molecule has 1 amide bonds. The van der Waals surface area contributed by atoms with E-state index in [1.165, 1.54) is 0 Å². The van der Waals surface area contributed by atoms with Crippen molar-refractivity contribution in [1.29, 1.82) is 0 Å². The summed E-state index contributed by atoms with van der Waals surface area (Å²) in [6.45, 7) is 3.58. The molecular formula is C12H16N4O2. The van der Waals surface area contributed by atoms with Crippen molar-refractivity contribution in [3.05, 3.63) is 28.7 Å². The fraction of sp³-hybridized carbons (Fsp3) is 0.333. The smallest absolute Gasteiger partial charge is 0.323 e. The van der Waals surface area contributed by atoms with Crippen LogP contribution < -0.4 is 16.3 Å². The van der Waals surface area contributed by atoms with Gasteiger partial charge in [-0.25, -0.2) is 4.79 Å². The summed E-state index contributed by atoms with van der Waals surface area (Å²) in [5, 5.41) is 5.72. The highest BCUT2D eigenvalue weighted by molar-refractivity contribution is 5.98. The summed E-state index contributed by atoms with van der Waals surface area (Å²) < 4.78 is 0. The Hall–Kier alpha value is -2.08. The van der Waals surface area contributed by atoms with Crippen molar-refractivity contribution >= 4 is 22.6 Å². The summed E-state index contributed by atoms with van der Waals surface area (Å²) >= 11 is 0. The minimum atomic E-state index is -0.652. The molecule has 0 atom stereocenters. The van der Waals surface area contributed by atoms with Crippen LogP contribution in [0.5, 0.6) is 0 Å². The number of aromatic amines is 2. The van der Waals surface area contributed by atoms with Gasteiger partial charge >= 0.3 is 5.69 Å². The number of nitrogens with one attached hydrogen (secondary N) is 4. The molecule has 0 bridgehead atoms. The molecule has 18 heavy (non-hydrogen) atoms. The van der Waals surface area contributed by atoms with Gasteiger partial charge in [-0.15, -0.1) is 0 Å². The molecule has 6 nitrogen and oxygen atoms in total. The highest BCUT2D eigenvalue weighted by Gasteiger charge is 2.25. The van der Waals surface area contributed by atoms with Crippen molar-refractivity contribution in [2.24, 2.45) is 0 Å². The molecule has 0 aliphatic heterocycles. The van der Waals surface area contributed by atoms with Crippen LogP contribution >= 0.6 is 0 Å². The summed E-state index contributed by atoms with van der Waals surface area (Å²) in [5.41, 5.74) is 1.11. The Morgan fingerprint density at radius 3 is 2.56 bits per heavy atom. The van der Waals surface area contributed by atoms with Gasteiger partial charge in [0.15, 0.2) is 0 Å². The molecule has 0 fully saturated rings. The molecule has 6 heteroatoms. The Morgan fingerprint density at radius 2 is 1.89 bits per heavy atom. The van der Waals surface area contributed by atoms with Gasteiger partial charge in [0.25, 0.3) is 0 Å². The van der Waals surface area contributed by atoms with E-state index in [9.17, 15) is 9.59 Å². The third-order valence-corrected chi connectivity index (χ3v) is 2.97. The summed E-state index contributed by atoms with van der Waals surface area (Å²) in [4.78, 5) is 28.4. The van der Waals surface area contributed by atoms with Crippen molar-refractivity contribution in [3.8, 4) is 0 Å². The molecule has 1 heterocycles. The summed E-state index contributed by atoms with van der Waals surface area (Å²) in [6.07, 6.45) is 0. The van der Waals surface area contributed by atoms with Gasteiger partial charge in [0.05, 0.1) is 16.6 Å². The number of H-pyrrole nitrogens is 2. The van der Waals surface area contributed by atoms with Crippen molar-refractivity contribution < 1.29 is 4.79 Å². The lowest BCUT2D eigenvalue weighted by atomic mass is 10.1. The van der Waals surface area contributed by atoms with Gasteiger partial charge in [-0.3, -0.25) is 4.79 Å². The zero-order chi connectivity index (χ0) is 13.3. The molecule has 0 radical (unpaired) electrons. The lowest BCUT2D eigenvalue weighted by Crippen LogP contribution is -2.47. The largest absolute Gasteiger partial charge is 0.324 e. The van der Waals surface area contributed by atoms with Crippen LogP contribution in [0, 0.1) is 0 Å². The third kappa shape index (κ3) is 2.28. The van der Waals surface area contributed by atoms with Gasteiger partial charge in [0.1, 0.15) is 0 Å². The number of amides is 1. The van der Waals surface area contributed by atoms with E-state index in [2.05, 4.69) is 20.6 Å². The number of benzene rings is 1. The number of hydrogen-bond acceptors (Lipinski definition) is 3. The predicted molar refractivity (Wildman–Crippen MR) is 70.7 cm³/mol. The number of likely N-dealkylation sites (N-methyl/N-ethyl adjacent to an activating group) is 1. The number of aromatic nitrogens is 2. The van der Waals surface area contributed by atoms with Crippen molar-refractivity contribution in [2.75, 3.05) is 12.4 Å². The second-order valence-corrected chi connectivity index (χ2v) is 4.67. The van der Waals surface area contributed by atoms with E-state index in [1.807, 2.05) is 0 Å². The molecule has 0 aliphatic rings. The van der Waals surface area contributed by atoms with Crippen LogP contribution in [-0.4, -0.2) is 28.5 Å². The van der Waals surface area contributed by atoms with Gasteiger partial charge < -0.3 is 20.6 Å². The number of anilines is 1. The maximum absolute atomic E-state index is 12.0. The van der Waals surface area contributed by atoms with Gasteiger partial charge in [0.2, 0.25) is 5.91 Å². The highest BCUT2D eigenvalue weighted by Crippen LogP contribution is 2.16. The van der Waals surface area contributed by atoms with Gasteiger partial charge in [-0.05, 0) is 39.1 Å². The fourth-order valence-electron chi connectivity index (χ4n) is 1.51. The zero-order valence-corrected chi connectivity index (χ0v) is 10.5. The highest BCUT2D eigenvalue weighted by atomic mass is 16.2. The molecule has 4 N–H and O–H groups in total. The minimum Gasteiger partial charge on any atom is -0.324 e. The van der Waals surface area contributed by atoms with Crippen LogP contribution in [0.25, 0.3) is 11.0 Å². The van der Waals surface area contributed by atoms with E-state index in [0.717, 1.165) is 0 Å². The van der Waals surface area contributed by atoms with Crippen LogP contribution in [-0.2, 0) is 4.79 Å². The molecule has 0 unspecified atom stereocenters. The fourth-order valence-corrected chi connectivity index (χ4v) is 1.51. The van der Waals surface area contributed by atoms with Crippen LogP contribution in [0.4, 0.5) is 5.69 Å². The SMILES string of the molecule is CNC(C)(C)C(=O)Nc1ccc2[nH]c(=O)[nH]c2c1.